The first-order valence-corrected chi connectivity index (χ1v) is 5.33. The van der Waals surface area contributed by atoms with Gasteiger partial charge in [0.2, 0.25) is 5.91 Å². The highest BCUT2D eigenvalue weighted by Crippen LogP contribution is 2.08. The van der Waals surface area contributed by atoms with E-state index in [1.807, 2.05) is 0 Å². The Bertz CT molecular complexity index is 310. The third-order valence-electron chi connectivity index (χ3n) is 2.00. The van der Waals surface area contributed by atoms with E-state index in [9.17, 15) is 9.59 Å². The smallest absolute Gasteiger partial charge is 0.335 e. The lowest BCUT2D eigenvalue weighted by Crippen LogP contribution is -2.17. The molecular formula is C12H19NO4. The van der Waals surface area contributed by atoms with Crippen molar-refractivity contribution < 1.29 is 19.4 Å². The summed E-state index contributed by atoms with van der Waals surface area (Å²) < 4.78 is 4.33. The van der Waals surface area contributed by atoms with Crippen LogP contribution in [0.15, 0.2) is 24.8 Å². The van der Waals surface area contributed by atoms with Gasteiger partial charge < -0.3 is 15.2 Å². The molecule has 1 saturated heterocycles. The first kappa shape index (κ1) is 15.4. The molecule has 0 aliphatic carbocycles. The minimum atomic E-state index is -1.05. The summed E-state index contributed by atoms with van der Waals surface area (Å²) in [5.41, 5.74) is 0.288. The Morgan fingerprint density at radius 1 is 1.71 bits per heavy atom. The van der Waals surface area contributed by atoms with Crippen molar-refractivity contribution in [1.82, 2.24) is 5.32 Å². The monoisotopic (exact) mass is 241 g/mol. The summed E-state index contributed by atoms with van der Waals surface area (Å²) in [4.78, 5) is 21.1. The van der Waals surface area contributed by atoms with Gasteiger partial charge in [-0.15, -0.1) is 6.58 Å². The van der Waals surface area contributed by atoms with Crippen molar-refractivity contribution in [2.24, 2.45) is 5.92 Å². The van der Waals surface area contributed by atoms with Gasteiger partial charge in [-0.1, -0.05) is 12.7 Å². The number of aliphatic hydroxyl groups excluding tert-OH is 1. The fraction of sp³-hybridized carbons (Fsp3) is 0.500. The molecule has 0 spiro atoms. The second-order valence-corrected chi connectivity index (χ2v) is 3.71. The predicted molar refractivity (Wildman–Crippen MR) is 63.9 cm³/mol. The van der Waals surface area contributed by atoms with E-state index < -0.39 is 12.3 Å². The summed E-state index contributed by atoms with van der Waals surface area (Å²) in [6, 6.07) is 0. The number of hydrogen-bond acceptors (Lipinski definition) is 4. The van der Waals surface area contributed by atoms with Crippen LogP contribution in [0, 0.1) is 5.92 Å². The van der Waals surface area contributed by atoms with Crippen molar-refractivity contribution in [2.45, 2.75) is 26.6 Å². The second-order valence-electron chi connectivity index (χ2n) is 3.71. The molecule has 0 aromatic heterocycles. The Labute approximate surface area is 101 Å². The van der Waals surface area contributed by atoms with E-state index in [0.29, 0.717) is 0 Å². The molecule has 1 heterocycles. The molecule has 1 amide bonds. The molecule has 2 atom stereocenters. The number of amides is 1. The Hall–Kier alpha value is -1.62. The number of aliphatic hydroxyl groups is 1. The zero-order valence-corrected chi connectivity index (χ0v) is 10.2. The number of esters is 1. The number of carbonyl (C=O) groups is 2. The summed E-state index contributed by atoms with van der Waals surface area (Å²) in [5.74, 6) is -0.361. The number of hydrogen-bond donors (Lipinski definition) is 2. The first-order chi connectivity index (χ1) is 7.88. The SMILES string of the molecule is C=C(C)C(=O)OC(C)O.C=CC1CCNC1=O. The molecule has 5 nitrogen and oxygen atoms in total. The van der Waals surface area contributed by atoms with Gasteiger partial charge in [-0.25, -0.2) is 4.79 Å². The summed E-state index contributed by atoms with van der Waals surface area (Å²) >= 11 is 0. The second kappa shape index (κ2) is 7.62. The van der Waals surface area contributed by atoms with Crippen LogP contribution in [0.4, 0.5) is 0 Å². The number of ether oxygens (including phenoxy) is 1. The Kier molecular flexibility index (Phi) is 6.89. The summed E-state index contributed by atoms with van der Waals surface area (Å²) in [5, 5.41) is 11.2. The Balaban J connectivity index is 0.000000302. The largest absolute Gasteiger partial charge is 0.433 e. The van der Waals surface area contributed by atoms with Crippen LogP contribution in [-0.2, 0) is 14.3 Å². The average molecular weight is 241 g/mol. The molecule has 1 aliphatic rings. The van der Waals surface area contributed by atoms with Crippen LogP contribution in [-0.4, -0.2) is 29.8 Å². The standard InChI is InChI=1S/C6H9NO.C6H10O3/c1-2-5-3-4-7-6(5)8;1-4(2)6(8)9-5(3)7/h2,5H,1,3-4H2,(H,7,8);5,7H,1H2,2-3H3. The van der Waals surface area contributed by atoms with Crippen LogP contribution in [0.5, 0.6) is 0 Å². The molecule has 0 bridgehead atoms. The van der Waals surface area contributed by atoms with Crippen molar-refractivity contribution in [3.05, 3.63) is 24.8 Å². The number of rotatable bonds is 3. The van der Waals surface area contributed by atoms with Gasteiger partial charge in [0, 0.05) is 12.1 Å². The summed E-state index contributed by atoms with van der Waals surface area (Å²) in [6.07, 6.45) is 1.57. The number of nitrogens with one attached hydrogen (secondary N) is 1. The van der Waals surface area contributed by atoms with Gasteiger partial charge in [0.05, 0.1) is 5.92 Å². The highest BCUT2D eigenvalue weighted by Gasteiger charge is 2.19. The molecule has 17 heavy (non-hydrogen) atoms. The molecule has 0 saturated carbocycles. The van der Waals surface area contributed by atoms with E-state index in [-0.39, 0.29) is 17.4 Å². The maximum absolute atomic E-state index is 10.6. The van der Waals surface area contributed by atoms with Gasteiger partial charge in [0.25, 0.3) is 0 Å². The van der Waals surface area contributed by atoms with Gasteiger partial charge in [-0.3, -0.25) is 4.79 Å². The van der Waals surface area contributed by atoms with Crippen molar-refractivity contribution in [1.29, 1.82) is 0 Å². The zero-order chi connectivity index (χ0) is 13.4. The van der Waals surface area contributed by atoms with Gasteiger partial charge in [-0.05, 0) is 20.3 Å². The maximum atomic E-state index is 10.6. The molecule has 1 fully saturated rings. The summed E-state index contributed by atoms with van der Waals surface area (Å²) in [6.45, 7) is 10.6. The highest BCUT2D eigenvalue weighted by atomic mass is 16.6. The lowest BCUT2D eigenvalue weighted by Gasteiger charge is -2.04. The van der Waals surface area contributed by atoms with E-state index in [1.165, 1.54) is 13.8 Å². The van der Waals surface area contributed by atoms with Crippen LogP contribution in [0.2, 0.25) is 0 Å². The molecule has 2 unspecified atom stereocenters. The number of carbonyl (C=O) groups excluding carboxylic acids is 2. The first-order valence-electron chi connectivity index (χ1n) is 5.33. The molecule has 1 aliphatic heterocycles. The van der Waals surface area contributed by atoms with Crippen LogP contribution in [0.3, 0.4) is 0 Å². The van der Waals surface area contributed by atoms with Crippen LogP contribution < -0.4 is 5.32 Å². The minimum Gasteiger partial charge on any atom is -0.433 e. The normalized spacial score (nSPS) is 19.5. The fourth-order valence-electron chi connectivity index (χ4n) is 1.09. The topological polar surface area (TPSA) is 75.6 Å². The third-order valence-corrected chi connectivity index (χ3v) is 2.00. The van der Waals surface area contributed by atoms with Crippen LogP contribution in [0.1, 0.15) is 20.3 Å². The average Bonchev–Trinajstić information content (AvgIpc) is 2.63. The maximum Gasteiger partial charge on any atom is 0.335 e. The molecular weight excluding hydrogens is 222 g/mol. The molecule has 1 rings (SSSR count). The Morgan fingerprint density at radius 2 is 2.29 bits per heavy atom. The van der Waals surface area contributed by atoms with Crippen molar-refractivity contribution in [2.75, 3.05) is 6.54 Å². The van der Waals surface area contributed by atoms with Crippen molar-refractivity contribution in [3.63, 3.8) is 0 Å². The zero-order valence-electron chi connectivity index (χ0n) is 10.2. The van der Waals surface area contributed by atoms with Crippen LogP contribution >= 0.6 is 0 Å². The van der Waals surface area contributed by atoms with E-state index in [1.54, 1.807) is 6.08 Å². The van der Waals surface area contributed by atoms with E-state index in [2.05, 4.69) is 23.2 Å². The molecule has 0 aromatic rings. The highest BCUT2D eigenvalue weighted by molar-refractivity contribution is 5.86. The fourth-order valence-corrected chi connectivity index (χ4v) is 1.09. The predicted octanol–water partition coefficient (Wildman–Crippen LogP) is 0.752. The molecule has 96 valence electrons. The van der Waals surface area contributed by atoms with Gasteiger partial charge >= 0.3 is 5.97 Å². The van der Waals surface area contributed by atoms with Crippen molar-refractivity contribution >= 4 is 11.9 Å². The lowest BCUT2D eigenvalue weighted by atomic mass is 10.1. The molecule has 0 aromatic carbocycles. The molecule has 5 heteroatoms. The van der Waals surface area contributed by atoms with E-state index >= 15 is 0 Å². The van der Waals surface area contributed by atoms with E-state index in [0.717, 1.165) is 13.0 Å². The van der Waals surface area contributed by atoms with Gasteiger partial charge in [-0.2, -0.15) is 0 Å². The quantitative estimate of drug-likeness (QED) is 0.331. The van der Waals surface area contributed by atoms with E-state index in [4.69, 9.17) is 5.11 Å². The Morgan fingerprint density at radius 3 is 2.47 bits per heavy atom. The lowest BCUT2D eigenvalue weighted by molar-refractivity contribution is -0.159. The third kappa shape index (κ3) is 6.52. The van der Waals surface area contributed by atoms with Gasteiger partial charge in [0.1, 0.15) is 0 Å². The minimum absolute atomic E-state index is 0.0787. The molecule has 0 radical (unpaired) electrons. The van der Waals surface area contributed by atoms with Crippen LogP contribution in [0.25, 0.3) is 0 Å². The van der Waals surface area contributed by atoms with Gasteiger partial charge in [0.15, 0.2) is 6.29 Å². The van der Waals surface area contributed by atoms with Crippen molar-refractivity contribution in [3.8, 4) is 0 Å². The molecule has 2 N–H and O–H groups in total. The summed E-state index contributed by atoms with van der Waals surface area (Å²) in [7, 11) is 0.